The number of hydrogen-bond acceptors (Lipinski definition) is 8. The Kier molecular flexibility index (Phi) is 11.6. The van der Waals surface area contributed by atoms with E-state index in [4.69, 9.17) is 14.2 Å². The van der Waals surface area contributed by atoms with E-state index in [1.807, 2.05) is 95.6 Å². The molecule has 6 aromatic carbocycles. The standard InChI is InChI=1S/C48H38F4N6O6/c1-56-44-37(23-33(48(50,51)52)24-39(44)57(46(56)61)27-43(59)54-35-21-19-34(49)20-22-35)36-25-40(62-2)41(26-38(36)45(60)63-3)64-28-42-55-53-29-58(42)47(30-13-7-4-8-14-30,31-15-9-5-10-16-31)32-17-11-6-12-18-32/h4-26,29H,27-28H2,1-3H3,(H,54,59). The maximum absolute atomic E-state index is 14.7. The molecular weight excluding hydrogens is 833 g/mol. The fourth-order valence-corrected chi connectivity index (χ4v) is 8.03. The molecule has 2 heterocycles. The zero-order valence-electron chi connectivity index (χ0n) is 34.5. The van der Waals surface area contributed by atoms with E-state index in [2.05, 4.69) is 15.5 Å². The molecular formula is C48H38F4N6O6. The number of aromatic nitrogens is 5. The Morgan fingerprint density at radius 3 is 1.88 bits per heavy atom. The Hall–Kier alpha value is -8.01. The third kappa shape index (κ3) is 7.85. The molecule has 0 fully saturated rings. The number of alkyl halides is 3. The van der Waals surface area contributed by atoms with E-state index in [0.717, 1.165) is 57.2 Å². The number of aryl methyl sites for hydroxylation is 1. The second-order valence-electron chi connectivity index (χ2n) is 14.6. The largest absolute Gasteiger partial charge is 0.493 e. The van der Waals surface area contributed by atoms with E-state index in [1.54, 1.807) is 6.33 Å². The molecule has 0 aliphatic rings. The minimum Gasteiger partial charge on any atom is -0.493 e. The molecule has 0 atom stereocenters. The summed E-state index contributed by atoms with van der Waals surface area (Å²) in [5.41, 5.74) is -0.869. The van der Waals surface area contributed by atoms with Gasteiger partial charge in [0.25, 0.3) is 0 Å². The van der Waals surface area contributed by atoms with Crippen molar-refractivity contribution in [2.45, 2.75) is 24.9 Å². The van der Waals surface area contributed by atoms with Gasteiger partial charge in [-0.05, 0) is 65.2 Å². The molecule has 1 amide bonds. The quantitative estimate of drug-likeness (QED) is 0.0693. The van der Waals surface area contributed by atoms with Gasteiger partial charge in [-0.3, -0.25) is 18.5 Å². The van der Waals surface area contributed by atoms with E-state index >= 15 is 0 Å². The fourth-order valence-electron chi connectivity index (χ4n) is 8.03. The SMILES string of the molecule is COC(=O)c1cc(OCc2nncn2C(c2ccccc2)(c2ccccc2)c2ccccc2)c(OC)cc1-c1cc(C(F)(F)F)cc2c1n(C)c(=O)n2CC(=O)Nc1ccc(F)cc1. The summed E-state index contributed by atoms with van der Waals surface area (Å²) in [6.45, 7) is -0.922. The number of hydrogen-bond donors (Lipinski definition) is 1. The number of methoxy groups -OCH3 is 2. The number of nitrogens with one attached hydrogen (secondary N) is 1. The maximum Gasteiger partial charge on any atom is 0.416 e. The van der Waals surface area contributed by atoms with Crippen molar-refractivity contribution in [3.8, 4) is 22.6 Å². The molecule has 0 saturated carbocycles. The number of nitrogens with zero attached hydrogens (tertiary/aromatic N) is 5. The minimum absolute atomic E-state index is 0.0121. The van der Waals surface area contributed by atoms with Crippen LogP contribution in [-0.2, 0) is 41.4 Å². The summed E-state index contributed by atoms with van der Waals surface area (Å²) < 4.78 is 78.7. The molecule has 8 rings (SSSR count). The zero-order valence-corrected chi connectivity index (χ0v) is 34.5. The lowest BCUT2D eigenvalue weighted by molar-refractivity contribution is -0.137. The number of esters is 1. The maximum atomic E-state index is 14.7. The third-order valence-electron chi connectivity index (χ3n) is 10.9. The number of fused-ring (bicyclic) bond motifs is 1. The molecule has 0 saturated heterocycles. The van der Waals surface area contributed by atoms with Gasteiger partial charge in [-0.15, -0.1) is 10.2 Å². The van der Waals surface area contributed by atoms with Gasteiger partial charge in [0.1, 0.15) is 30.8 Å². The fraction of sp³-hybridized carbons (Fsp3) is 0.146. The van der Waals surface area contributed by atoms with Crippen LogP contribution in [-0.4, -0.2) is 50.0 Å². The molecule has 2 aromatic heterocycles. The van der Waals surface area contributed by atoms with Crippen molar-refractivity contribution >= 4 is 28.6 Å². The highest BCUT2D eigenvalue weighted by atomic mass is 19.4. The smallest absolute Gasteiger partial charge is 0.416 e. The molecule has 16 heteroatoms. The number of rotatable bonds is 13. The van der Waals surface area contributed by atoms with Gasteiger partial charge in [0.2, 0.25) is 5.91 Å². The van der Waals surface area contributed by atoms with Gasteiger partial charge in [-0.2, -0.15) is 13.2 Å². The summed E-state index contributed by atoms with van der Waals surface area (Å²) in [6.07, 6.45) is -3.33. The molecule has 0 aliphatic carbocycles. The summed E-state index contributed by atoms with van der Waals surface area (Å²) in [5.74, 6) is -1.85. The Balaban J connectivity index is 1.24. The van der Waals surface area contributed by atoms with Crippen LogP contribution >= 0.6 is 0 Å². The number of halogens is 4. The lowest BCUT2D eigenvalue weighted by Gasteiger charge is -2.38. The van der Waals surface area contributed by atoms with Crippen LogP contribution in [0.5, 0.6) is 11.5 Å². The van der Waals surface area contributed by atoms with Crippen LogP contribution in [0.15, 0.2) is 151 Å². The highest BCUT2D eigenvalue weighted by Crippen LogP contribution is 2.44. The summed E-state index contributed by atoms with van der Waals surface area (Å²) in [4.78, 5) is 40.6. The third-order valence-corrected chi connectivity index (χ3v) is 10.9. The van der Waals surface area contributed by atoms with Gasteiger partial charge in [0, 0.05) is 23.9 Å². The first-order valence-electron chi connectivity index (χ1n) is 19.7. The van der Waals surface area contributed by atoms with E-state index in [0.29, 0.717) is 5.82 Å². The van der Waals surface area contributed by atoms with Crippen molar-refractivity contribution in [3.63, 3.8) is 0 Å². The number of carbonyl (C=O) groups is 2. The molecule has 0 aliphatic heterocycles. The van der Waals surface area contributed by atoms with Crippen molar-refractivity contribution in [1.82, 2.24) is 23.9 Å². The van der Waals surface area contributed by atoms with Crippen LogP contribution in [0.1, 0.15) is 38.4 Å². The van der Waals surface area contributed by atoms with Gasteiger partial charge in [-0.1, -0.05) is 91.0 Å². The molecule has 12 nitrogen and oxygen atoms in total. The number of carbonyl (C=O) groups excluding carboxylic acids is 2. The first-order chi connectivity index (χ1) is 30.8. The predicted octanol–water partition coefficient (Wildman–Crippen LogP) is 8.61. The van der Waals surface area contributed by atoms with E-state index in [-0.39, 0.29) is 51.5 Å². The summed E-state index contributed by atoms with van der Waals surface area (Å²) >= 11 is 0. The second kappa shape index (κ2) is 17.4. The van der Waals surface area contributed by atoms with Gasteiger partial charge in [0.15, 0.2) is 17.3 Å². The minimum atomic E-state index is -4.93. The zero-order chi connectivity index (χ0) is 45.2. The molecule has 0 spiro atoms. The second-order valence-corrected chi connectivity index (χ2v) is 14.6. The van der Waals surface area contributed by atoms with Crippen LogP contribution in [0.3, 0.4) is 0 Å². The topological polar surface area (TPSA) is 132 Å². The van der Waals surface area contributed by atoms with E-state index in [9.17, 15) is 31.9 Å². The van der Waals surface area contributed by atoms with Crippen molar-refractivity contribution in [3.05, 3.63) is 196 Å². The first kappa shape index (κ1) is 42.7. The van der Waals surface area contributed by atoms with E-state index in [1.165, 1.54) is 38.4 Å². The monoisotopic (exact) mass is 870 g/mol. The normalized spacial score (nSPS) is 11.7. The van der Waals surface area contributed by atoms with Crippen LogP contribution in [0.4, 0.5) is 23.2 Å². The van der Waals surface area contributed by atoms with Crippen LogP contribution < -0.4 is 20.5 Å². The number of anilines is 1. The highest BCUT2D eigenvalue weighted by molar-refractivity contribution is 6.04. The number of ether oxygens (including phenoxy) is 3. The number of imidazole rings is 1. The van der Waals surface area contributed by atoms with Gasteiger partial charge >= 0.3 is 17.8 Å². The Morgan fingerprint density at radius 1 is 0.734 bits per heavy atom. The lowest BCUT2D eigenvalue weighted by Crippen LogP contribution is -2.38. The summed E-state index contributed by atoms with van der Waals surface area (Å²) in [6, 6.07) is 38.5. The molecule has 64 heavy (non-hydrogen) atoms. The highest BCUT2D eigenvalue weighted by Gasteiger charge is 2.40. The summed E-state index contributed by atoms with van der Waals surface area (Å²) in [7, 11) is 3.77. The molecule has 0 radical (unpaired) electrons. The molecule has 1 N–H and O–H groups in total. The summed E-state index contributed by atoms with van der Waals surface area (Å²) in [5, 5.41) is 11.3. The Morgan fingerprint density at radius 2 is 1.33 bits per heavy atom. The van der Waals surface area contributed by atoms with Crippen molar-refractivity contribution < 1.29 is 41.4 Å². The predicted molar refractivity (Wildman–Crippen MR) is 229 cm³/mol. The molecule has 8 aromatic rings. The Bertz CT molecular complexity index is 2950. The van der Waals surface area contributed by atoms with Gasteiger partial charge in [0.05, 0.1) is 36.4 Å². The lowest BCUT2D eigenvalue weighted by atomic mass is 9.76. The van der Waals surface area contributed by atoms with Crippen molar-refractivity contribution in [2.24, 2.45) is 7.05 Å². The Labute approximate surface area is 362 Å². The van der Waals surface area contributed by atoms with Crippen molar-refractivity contribution in [2.75, 3.05) is 19.5 Å². The van der Waals surface area contributed by atoms with Crippen LogP contribution in [0.2, 0.25) is 0 Å². The van der Waals surface area contributed by atoms with Gasteiger partial charge in [-0.25, -0.2) is 14.0 Å². The van der Waals surface area contributed by atoms with Gasteiger partial charge < -0.3 is 19.5 Å². The molecule has 324 valence electrons. The number of benzene rings is 6. The first-order valence-corrected chi connectivity index (χ1v) is 19.7. The molecule has 0 bridgehead atoms. The average molecular weight is 871 g/mol. The number of amides is 1. The average Bonchev–Trinajstić information content (AvgIpc) is 3.87. The van der Waals surface area contributed by atoms with Crippen LogP contribution in [0.25, 0.3) is 22.2 Å². The van der Waals surface area contributed by atoms with Crippen molar-refractivity contribution in [1.29, 1.82) is 0 Å². The van der Waals surface area contributed by atoms with Crippen LogP contribution in [0, 0.1) is 5.82 Å². The van der Waals surface area contributed by atoms with E-state index < -0.39 is 47.2 Å². The molecule has 0 unspecified atom stereocenters.